The van der Waals surface area contributed by atoms with Crippen molar-refractivity contribution in [2.24, 2.45) is 0 Å². The van der Waals surface area contributed by atoms with Crippen LogP contribution in [-0.4, -0.2) is 52.0 Å². The fraction of sp³-hybridized carbons (Fsp3) is 0.500. The van der Waals surface area contributed by atoms with Crippen molar-refractivity contribution in [3.05, 3.63) is 33.8 Å². The summed E-state index contributed by atoms with van der Waals surface area (Å²) < 4.78 is 6.23. The van der Waals surface area contributed by atoms with Gasteiger partial charge in [-0.25, -0.2) is 4.68 Å². The van der Waals surface area contributed by atoms with Crippen LogP contribution < -0.4 is 10.9 Å². The van der Waals surface area contributed by atoms with Crippen LogP contribution in [0.1, 0.15) is 5.89 Å². The average Bonchev–Trinajstić information content (AvgIpc) is 2.95. The first-order valence-corrected chi connectivity index (χ1v) is 6.85. The van der Waals surface area contributed by atoms with Crippen molar-refractivity contribution in [1.82, 2.24) is 24.8 Å². The smallest absolute Gasteiger partial charge is 0.287 e. The van der Waals surface area contributed by atoms with Gasteiger partial charge in [0.05, 0.1) is 18.4 Å². The lowest BCUT2D eigenvalue weighted by Gasteiger charge is -2.12. The van der Waals surface area contributed by atoms with E-state index in [9.17, 15) is 4.79 Å². The first kappa shape index (κ1) is 15.5. The molecule has 2 rings (SSSR count). The third-order valence-electron chi connectivity index (χ3n) is 2.81. The molecule has 8 nitrogen and oxygen atoms in total. The largest absolute Gasteiger partial charge is 0.382 e. The van der Waals surface area contributed by atoms with E-state index in [0.717, 1.165) is 0 Å². The fourth-order valence-corrected chi connectivity index (χ4v) is 1.87. The van der Waals surface area contributed by atoms with Crippen molar-refractivity contribution < 1.29 is 4.52 Å². The third-order valence-corrected chi connectivity index (χ3v) is 3.17. The summed E-state index contributed by atoms with van der Waals surface area (Å²) >= 11 is 6.07. The van der Waals surface area contributed by atoms with Gasteiger partial charge in [0, 0.05) is 19.5 Å². The van der Waals surface area contributed by atoms with Gasteiger partial charge >= 0.3 is 0 Å². The predicted molar refractivity (Wildman–Crippen MR) is 78.6 cm³/mol. The normalized spacial score (nSPS) is 11.0. The Hall–Kier alpha value is -1.93. The van der Waals surface area contributed by atoms with Crippen LogP contribution in [0.4, 0.5) is 5.69 Å². The van der Waals surface area contributed by atoms with E-state index in [1.807, 2.05) is 19.0 Å². The second kappa shape index (κ2) is 7.19. The van der Waals surface area contributed by atoms with Crippen LogP contribution in [0, 0.1) is 0 Å². The highest BCUT2D eigenvalue weighted by molar-refractivity contribution is 6.32. The molecule has 0 aliphatic heterocycles. The molecule has 9 heteroatoms. The molecule has 0 spiro atoms. The van der Waals surface area contributed by atoms with E-state index in [0.29, 0.717) is 37.6 Å². The Morgan fingerprint density at radius 1 is 1.48 bits per heavy atom. The summed E-state index contributed by atoms with van der Waals surface area (Å²) in [5.74, 6) is 0.519. The lowest BCUT2D eigenvalue weighted by atomic mass is 10.4. The Kier molecular flexibility index (Phi) is 5.29. The summed E-state index contributed by atoms with van der Waals surface area (Å²) in [4.78, 5) is 17.9. The summed E-state index contributed by atoms with van der Waals surface area (Å²) in [6, 6.07) is 0. The molecule has 0 aliphatic rings. The number of nitrogens with zero attached hydrogens (tertiary/aromatic N) is 5. The molecule has 2 aromatic heterocycles. The zero-order valence-electron chi connectivity index (χ0n) is 11.9. The van der Waals surface area contributed by atoms with Gasteiger partial charge in [0.15, 0.2) is 6.33 Å². The van der Waals surface area contributed by atoms with Crippen LogP contribution in [-0.2, 0) is 13.0 Å². The molecule has 0 saturated heterocycles. The third kappa shape index (κ3) is 4.27. The molecule has 0 radical (unpaired) electrons. The Morgan fingerprint density at radius 3 is 2.95 bits per heavy atom. The van der Waals surface area contributed by atoms with Gasteiger partial charge in [-0.1, -0.05) is 16.8 Å². The van der Waals surface area contributed by atoms with Gasteiger partial charge in [-0.05, 0) is 14.1 Å². The number of halogens is 1. The molecule has 2 aromatic rings. The summed E-state index contributed by atoms with van der Waals surface area (Å²) in [6.45, 7) is 1.73. The monoisotopic (exact) mass is 312 g/mol. The molecule has 0 saturated carbocycles. The van der Waals surface area contributed by atoms with Gasteiger partial charge in [-0.3, -0.25) is 4.79 Å². The van der Waals surface area contributed by atoms with Crippen molar-refractivity contribution in [1.29, 1.82) is 0 Å². The minimum absolute atomic E-state index is 0.134. The summed E-state index contributed by atoms with van der Waals surface area (Å²) in [5, 5.41) is 10.8. The number of rotatable bonds is 7. The van der Waals surface area contributed by atoms with Gasteiger partial charge in [0.2, 0.25) is 5.89 Å². The molecule has 2 heterocycles. The molecule has 21 heavy (non-hydrogen) atoms. The first-order valence-electron chi connectivity index (χ1n) is 6.47. The number of nitrogens with one attached hydrogen (secondary N) is 1. The molecule has 0 fully saturated rings. The summed E-state index contributed by atoms with van der Waals surface area (Å²) in [5.41, 5.74) is 0.198. The van der Waals surface area contributed by atoms with Crippen LogP contribution in [0.2, 0.25) is 5.02 Å². The minimum atomic E-state index is -0.304. The maximum absolute atomic E-state index is 12.1. The second-order valence-corrected chi connectivity index (χ2v) is 5.09. The Morgan fingerprint density at radius 2 is 2.29 bits per heavy atom. The summed E-state index contributed by atoms with van der Waals surface area (Å²) in [6.07, 6.45) is 3.43. The average molecular weight is 313 g/mol. The first-order chi connectivity index (χ1) is 10.1. The van der Waals surface area contributed by atoms with Crippen LogP contribution in [0.15, 0.2) is 21.8 Å². The van der Waals surface area contributed by atoms with E-state index in [1.54, 1.807) is 6.20 Å². The van der Waals surface area contributed by atoms with E-state index < -0.39 is 0 Å². The van der Waals surface area contributed by atoms with Crippen molar-refractivity contribution in [3.8, 4) is 0 Å². The minimum Gasteiger partial charge on any atom is -0.382 e. The fourth-order valence-electron chi connectivity index (χ4n) is 1.65. The number of anilines is 1. The maximum Gasteiger partial charge on any atom is 0.287 e. The summed E-state index contributed by atoms with van der Waals surface area (Å²) in [7, 11) is 3.86. The van der Waals surface area contributed by atoms with E-state index in [1.165, 1.54) is 11.0 Å². The molecule has 0 bridgehead atoms. The molecule has 0 aromatic carbocycles. The van der Waals surface area contributed by atoms with Crippen molar-refractivity contribution >= 4 is 17.3 Å². The molecule has 0 amide bonds. The van der Waals surface area contributed by atoms with Gasteiger partial charge in [-0.2, -0.15) is 10.1 Å². The number of hydrogen-bond acceptors (Lipinski definition) is 7. The standard InChI is InChI=1S/C12H17ClN6O2/c1-18(2)5-6-19-12(20)11(13)9(7-16-19)14-4-3-10-15-8-17-21-10/h7-8,14H,3-6H2,1-2H3. The Balaban J connectivity index is 1.97. The van der Waals surface area contributed by atoms with Crippen LogP contribution in [0.25, 0.3) is 0 Å². The Labute approximate surface area is 126 Å². The lowest BCUT2D eigenvalue weighted by molar-refractivity contribution is 0.367. The molecule has 114 valence electrons. The molecule has 0 atom stereocenters. The van der Waals surface area contributed by atoms with Crippen LogP contribution in [0.5, 0.6) is 0 Å². The quantitative estimate of drug-likeness (QED) is 0.796. The van der Waals surface area contributed by atoms with E-state index in [-0.39, 0.29) is 10.6 Å². The van der Waals surface area contributed by atoms with E-state index in [2.05, 4.69) is 20.6 Å². The number of aromatic nitrogens is 4. The van der Waals surface area contributed by atoms with Gasteiger partial charge in [-0.15, -0.1) is 0 Å². The molecular weight excluding hydrogens is 296 g/mol. The zero-order valence-corrected chi connectivity index (χ0v) is 12.7. The second-order valence-electron chi connectivity index (χ2n) is 4.72. The Bertz CT molecular complexity index is 625. The van der Waals surface area contributed by atoms with Gasteiger partial charge in [0.25, 0.3) is 5.56 Å². The molecular formula is C12H17ClN6O2. The van der Waals surface area contributed by atoms with Crippen molar-refractivity contribution in [3.63, 3.8) is 0 Å². The lowest BCUT2D eigenvalue weighted by Crippen LogP contribution is -2.29. The molecule has 0 aliphatic carbocycles. The van der Waals surface area contributed by atoms with Crippen molar-refractivity contribution in [2.45, 2.75) is 13.0 Å². The highest BCUT2D eigenvalue weighted by atomic mass is 35.5. The highest BCUT2D eigenvalue weighted by Gasteiger charge is 2.09. The van der Waals surface area contributed by atoms with E-state index >= 15 is 0 Å². The highest BCUT2D eigenvalue weighted by Crippen LogP contribution is 2.15. The molecule has 0 unspecified atom stereocenters. The SMILES string of the molecule is CN(C)CCn1ncc(NCCc2ncno2)c(Cl)c1=O. The van der Waals surface area contributed by atoms with Gasteiger partial charge in [0.1, 0.15) is 5.02 Å². The van der Waals surface area contributed by atoms with E-state index in [4.69, 9.17) is 16.1 Å². The maximum atomic E-state index is 12.1. The molecule has 1 N–H and O–H groups in total. The van der Waals surface area contributed by atoms with Gasteiger partial charge < -0.3 is 14.7 Å². The topological polar surface area (TPSA) is 89.1 Å². The number of hydrogen-bond donors (Lipinski definition) is 1. The van der Waals surface area contributed by atoms with Crippen LogP contribution in [0.3, 0.4) is 0 Å². The van der Waals surface area contributed by atoms with Crippen molar-refractivity contribution in [2.75, 3.05) is 32.5 Å². The van der Waals surface area contributed by atoms with Crippen LogP contribution >= 0.6 is 11.6 Å². The zero-order chi connectivity index (χ0) is 15.2. The predicted octanol–water partition coefficient (Wildman–Crippen LogP) is 0.496. The number of likely N-dealkylation sites (N-methyl/N-ethyl adjacent to an activating group) is 1.